The summed E-state index contributed by atoms with van der Waals surface area (Å²) in [4.78, 5) is 39.4. The predicted molar refractivity (Wildman–Crippen MR) is 132 cm³/mol. The molecule has 188 valence electrons. The topological polar surface area (TPSA) is 155 Å². The van der Waals surface area contributed by atoms with E-state index in [0.717, 1.165) is 17.1 Å². The summed E-state index contributed by atoms with van der Waals surface area (Å²) in [5.74, 6) is 0.471. The molecule has 1 aliphatic rings. The molecule has 13 nitrogen and oxygen atoms in total. The second-order valence-corrected chi connectivity index (χ2v) is 8.15. The van der Waals surface area contributed by atoms with E-state index >= 15 is 0 Å². The van der Waals surface area contributed by atoms with Crippen molar-refractivity contribution in [3.63, 3.8) is 0 Å². The first-order valence-electron chi connectivity index (χ1n) is 11.1. The number of hydrogen-bond acceptors (Lipinski definition) is 8. The van der Waals surface area contributed by atoms with E-state index in [1.807, 2.05) is 24.3 Å². The summed E-state index contributed by atoms with van der Waals surface area (Å²) in [5, 5.41) is 18.8. The molecule has 0 saturated heterocycles. The van der Waals surface area contributed by atoms with Crippen molar-refractivity contribution in [2.75, 3.05) is 12.1 Å². The first-order valence-corrected chi connectivity index (χ1v) is 11.1. The highest BCUT2D eigenvalue weighted by Gasteiger charge is 2.20. The Labute approximate surface area is 209 Å². The maximum absolute atomic E-state index is 12.7. The molecule has 0 fully saturated rings. The van der Waals surface area contributed by atoms with Gasteiger partial charge in [-0.3, -0.25) is 9.59 Å². The lowest BCUT2D eigenvalue weighted by molar-refractivity contribution is -0.392. The summed E-state index contributed by atoms with van der Waals surface area (Å²) in [7, 11) is 0. The number of hydrogen-bond donors (Lipinski definition) is 2. The summed E-state index contributed by atoms with van der Waals surface area (Å²) >= 11 is 0. The molecule has 0 unspecified atom stereocenters. The summed E-state index contributed by atoms with van der Waals surface area (Å²) in [6, 6.07) is 12.6. The normalized spacial score (nSPS) is 12.2. The standard InChI is InChI=1S/C24H21N7O6/c1-15-25-10-24(31(34)35)30(15)13-23(33)28-26-9-16-11-29(19-5-3-2-4-18(16)19)12-22(32)27-17-6-7-20-21(8-17)37-14-36-20/h2-11H,12-14H2,1H3,(H,27,32)(H,28,33). The minimum absolute atomic E-state index is 0.0404. The molecule has 0 bridgehead atoms. The molecule has 0 spiro atoms. The van der Waals surface area contributed by atoms with Crippen LogP contribution in [0.5, 0.6) is 11.5 Å². The maximum Gasteiger partial charge on any atom is 0.343 e. The zero-order valence-electron chi connectivity index (χ0n) is 19.6. The van der Waals surface area contributed by atoms with Crippen LogP contribution < -0.4 is 20.2 Å². The Bertz CT molecular complexity index is 1550. The van der Waals surface area contributed by atoms with Crippen molar-refractivity contribution < 1.29 is 24.0 Å². The van der Waals surface area contributed by atoms with Crippen LogP contribution >= 0.6 is 0 Å². The molecule has 0 atom stereocenters. The highest BCUT2D eigenvalue weighted by Crippen LogP contribution is 2.34. The lowest BCUT2D eigenvalue weighted by Gasteiger charge is -2.08. The highest BCUT2D eigenvalue weighted by atomic mass is 16.7. The van der Waals surface area contributed by atoms with E-state index in [-0.39, 0.29) is 31.6 Å². The van der Waals surface area contributed by atoms with Gasteiger partial charge in [0.15, 0.2) is 23.9 Å². The van der Waals surface area contributed by atoms with Crippen LogP contribution in [-0.2, 0) is 22.7 Å². The van der Waals surface area contributed by atoms with Crippen LogP contribution in [0.3, 0.4) is 0 Å². The fourth-order valence-electron chi connectivity index (χ4n) is 3.99. The average Bonchev–Trinajstić information content (AvgIpc) is 3.57. The van der Waals surface area contributed by atoms with Crippen LogP contribution in [-0.4, -0.2) is 43.9 Å². The number of fused-ring (bicyclic) bond motifs is 2. The number of para-hydroxylation sites is 1. The molecule has 37 heavy (non-hydrogen) atoms. The number of nitrogens with zero attached hydrogens (tertiary/aromatic N) is 5. The molecule has 5 rings (SSSR count). The first-order chi connectivity index (χ1) is 17.9. The molecule has 2 aromatic carbocycles. The summed E-state index contributed by atoms with van der Waals surface area (Å²) < 4.78 is 13.6. The van der Waals surface area contributed by atoms with Crippen LogP contribution in [0, 0.1) is 17.0 Å². The molecular formula is C24H21N7O6. The van der Waals surface area contributed by atoms with Crippen LogP contribution in [0.4, 0.5) is 11.5 Å². The zero-order valence-corrected chi connectivity index (χ0v) is 19.6. The molecule has 2 amide bonds. The molecule has 4 aromatic rings. The van der Waals surface area contributed by atoms with E-state index in [1.54, 1.807) is 35.9 Å². The molecule has 0 radical (unpaired) electrons. The summed E-state index contributed by atoms with van der Waals surface area (Å²) in [6.07, 6.45) is 4.31. The van der Waals surface area contributed by atoms with Gasteiger partial charge in [0.25, 0.3) is 5.91 Å². The molecule has 0 aliphatic carbocycles. The lowest BCUT2D eigenvalue weighted by Crippen LogP contribution is -2.24. The Morgan fingerprint density at radius 1 is 1.16 bits per heavy atom. The van der Waals surface area contributed by atoms with Crippen molar-refractivity contribution in [2.24, 2.45) is 5.10 Å². The molecule has 2 aromatic heterocycles. The van der Waals surface area contributed by atoms with Crippen molar-refractivity contribution >= 4 is 40.4 Å². The molecule has 13 heteroatoms. The first kappa shape index (κ1) is 23.5. The quantitative estimate of drug-likeness (QED) is 0.213. The van der Waals surface area contributed by atoms with Crippen molar-refractivity contribution in [3.05, 3.63) is 76.4 Å². The Morgan fingerprint density at radius 3 is 2.81 bits per heavy atom. The Kier molecular flexibility index (Phi) is 6.24. The van der Waals surface area contributed by atoms with E-state index in [4.69, 9.17) is 9.47 Å². The molecule has 3 heterocycles. The average molecular weight is 503 g/mol. The highest BCUT2D eigenvalue weighted by molar-refractivity contribution is 6.00. The Hall–Kier alpha value is -5.20. The number of anilines is 1. The van der Waals surface area contributed by atoms with E-state index in [1.165, 1.54) is 10.8 Å². The third kappa shape index (κ3) is 4.96. The Morgan fingerprint density at radius 2 is 1.97 bits per heavy atom. The monoisotopic (exact) mass is 503 g/mol. The van der Waals surface area contributed by atoms with Gasteiger partial charge >= 0.3 is 5.82 Å². The third-order valence-electron chi connectivity index (χ3n) is 5.71. The van der Waals surface area contributed by atoms with Crippen LogP contribution in [0.15, 0.2) is 60.0 Å². The summed E-state index contributed by atoms with van der Waals surface area (Å²) in [5.41, 5.74) is 4.45. The fraction of sp³-hybridized carbons (Fsp3) is 0.167. The second-order valence-electron chi connectivity index (χ2n) is 8.15. The van der Waals surface area contributed by atoms with Gasteiger partial charge in [0.1, 0.15) is 12.7 Å². The minimum Gasteiger partial charge on any atom is -0.454 e. The molecule has 1 aliphatic heterocycles. The smallest absolute Gasteiger partial charge is 0.343 e. The van der Waals surface area contributed by atoms with E-state index in [9.17, 15) is 19.7 Å². The van der Waals surface area contributed by atoms with Gasteiger partial charge in [-0.1, -0.05) is 18.2 Å². The van der Waals surface area contributed by atoms with E-state index in [2.05, 4.69) is 20.8 Å². The van der Waals surface area contributed by atoms with Crippen molar-refractivity contribution in [3.8, 4) is 11.5 Å². The van der Waals surface area contributed by atoms with Crippen LogP contribution in [0.2, 0.25) is 0 Å². The largest absolute Gasteiger partial charge is 0.454 e. The molecule has 0 saturated carbocycles. The van der Waals surface area contributed by atoms with Gasteiger partial charge in [0.05, 0.1) is 6.21 Å². The predicted octanol–water partition coefficient (Wildman–Crippen LogP) is 2.57. The SMILES string of the molecule is Cc1ncc([N+](=O)[O-])n1CC(=O)NN=Cc1cn(CC(=O)Nc2ccc3c(c2)OCO3)c2ccccc12. The lowest BCUT2D eigenvalue weighted by atomic mass is 10.2. The van der Waals surface area contributed by atoms with Crippen molar-refractivity contribution in [1.29, 1.82) is 0 Å². The number of aryl methyl sites for hydroxylation is 1. The molecule has 2 N–H and O–H groups in total. The van der Waals surface area contributed by atoms with Crippen LogP contribution in [0.1, 0.15) is 11.4 Å². The minimum atomic E-state index is -0.603. The number of nitro groups is 1. The van der Waals surface area contributed by atoms with E-state index < -0.39 is 10.8 Å². The Balaban J connectivity index is 1.27. The number of ether oxygens (including phenoxy) is 2. The number of benzene rings is 2. The van der Waals surface area contributed by atoms with Gasteiger partial charge in [0.2, 0.25) is 12.7 Å². The van der Waals surface area contributed by atoms with Crippen LogP contribution in [0.25, 0.3) is 10.9 Å². The number of hydrazone groups is 1. The van der Waals surface area contributed by atoms with E-state index in [0.29, 0.717) is 28.6 Å². The van der Waals surface area contributed by atoms with Gasteiger partial charge in [-0.15, -0.1) is 0 Å². The van der Waals surface area contributed by atoms with Gasteiger partial charge < -0.3 is 29.5 Å². The fourth-order valence-corrected chi connectivity index (χ4v) is 3.99. The number of rotatable bonds is 8. The van der Waals surface area contributed by atoms with Crippen molar-refractivity contribution in [1.82, 2.24) is 19.5 Å². The number of amides is 2. The van der Waals surface area contributed by atoms with Gasteiger partial charge in [-0.25, -0.2) is 15.0 Å². The number of carbonyl (C=O) groups excluding carboxylic acids is 2. The number of nitrogens with one attached hydrogen (secondary N) is 2. The number of carbonyl (C=O) groups is 2. The second kappa shape index (κ2) is 9.81. The van der Waals surface area contributed by atoms with Gasteiger partial charge in [0, 0.05) is 41.3 Å². The van der Waals surface area contributed by atoms with Gasteiger partial charge in [-0.05, 0) is 23.1 Å². The number of imidazole rings is 1. The zero-order chi connectivity index (χ0) is 25.9. The van der Waals surface area contributed by atoms with Crippen molar-refractivity contribution in [2.45, 2.75) is 20.0 Å². The van der Waals surface area contributed by atoms with Gasteiger partial charge in [-0.2, -0.15) is 5.10 Å². The third-order valence-corrected chi connectivity index (χ3v) is 5.71. The number of aromatic nitrogens is 3. The summed E-state index contributed by atoms with van der Waals surface area (Å²) in [6.45, 7) is 1.46. The molecular weight excluding hydrogens is 482 g/mol. The maximum atomic E-state index is 12.7.